The Morgan fingerprint density at radius 2 is 2.22 bits per heavy atom. The van der Waals surface area contributed by atoms with Gasteiger partial charge in [-0.2, -0.15) is 0 Å². The van der Waals surface area contributed by atoms with Gasteiger partial charge in [0.05, 0.1) is 12.6 Å². The van der Waals surface area contributed by atoms with Crippen LogP contribution in [0.3, 0.4) is 0 Å². The van der Waals surface area contributed by atoms with E-state index in [9.17, 15) is 9.18 Å². The third kappa shape index (κ3) is 3.70. The lowest BCUT2D eigenvalue weighted by Gasteiger charge is -2.23. The number of hydrogen-bond acceptors (Lipinski definition) is 2. The zero-order valence-electron chi connectivity index (χ0n) is 10.9. The molecule has 1 atom stereocenters. The number of rotatable bonds is 4. The molecule has 0 aliphatic rings. The second kappa shape index (κ2) is 6.35. The number of halogens is 1. The number of aliphatic hydroxyl groups excluding tert-OH is 1. The zero-order chi connectivity index (χ0) is 13.7. The summed E-state index contributed by atoms with van der Waals surface area (Å²) in [7, 11) is 1.60. The number of likely N-dealkylation sites (N-methyl/N-ethyl adjacent to an activating group) is 1. The van der Waals surface area contributed by atoms with E-state index >= 15 is 0 Å². The number of nitrogens with one attached hydrogen (secondary N) is 1. The molecule has 100 valence electrons. The fraction of sp³-hybridized carbons (Fsp3) is 0.462. The first-order valence-electron chi connectivity index (χ1n) is 5.82. The molecule has 1 unspecified atom stereocenters. The largest absolute Gasteiger partial charge is 0.394 e. The van der Waals surface area contributed by atoms with Crippen LogP contribution in [-0.2, 0) is 6.54 Å². The van der Waals surface area contributed by atoms with Crippen LogP contribution < -0.4 is 5.32 Å². The van der Waals surface area contributed by atoms with Crippen LogP contribution in [0.15, 0.2) is 18.2 Å². The summed E-state index contributed by atoms with van der Waals surface area (Å²) in [6.45, 7) is 3.60. The number of carbonyl (C=O) groups excluding carboxylic acids is 1. The molecule has 0 fully saturated rings. The Kier molecular flexibility index (Phi) is 5.09. The van der Waals surface area contributed by atoms with Crippen molar-refractivity contribution in [1.29, 1.82) is 0 Å². The maximum absolute atomic E-state index is 13.3. The molecule has 0 heterocycles. The maximum Gasteiger partial charge on any atom is 0.317 e. The van der Waals surface area contributed by atoms with E-state index in [0.717, 1.165) is 0 Å². The van der Waals surface area contributed by atoms with E-state index in [2.05, 4.69) is 5.32 Å². The van der Waals surface area contributed by atoms with E-state index in [0.29, 0.717) is 11.1 Å². The van der Waals surface area contributed by atoms with E-state index in [1.54, 1.807) is 33.0 Å². The van der Waals surface area contributed by atoms with Crippen molar-refractivity contribution >= 4 is 6.03 Å². The van der Waals surface area contributed by atoms with Crippen LogP contribution in [0.4, 0.5) is 9.18 Å². The number of urea groups is 1. The summed E-state index contributed by atoms with van der Waals surface area (Å²) in [6.07, 6.45) is 0. The van der Waals surface area contributed by atoms with Crippen LogP contribution in [0.2, 0.25) is 0 Å². The van der Waals surface area contributed by atoms with Crippen molar-refractivity contribution < 1.29 is 14.3 Å². The molecule has 0 aromatic heterocycles. The third-order valence-electron chi connectivity index (χ3n) is 2.93. The Bertz CT molecular complexity index is 423. The van der Waals surface area contributed by atoms with Gasteiger partial charge in [0.25, 0.3) is 0 Å². The molecular formula is C13H19FN2O2. The highest BCUT2D eigenvalue weighted by Gasteiger charge is 2.14. The van der Waals surface area contributed by atoms with Crippen molar-refractivity contribution in [3.05, 3.63) is 35.1 Å². The highest BCUT2D eigenvalue weighted by molar-refractivity contribution is 5.74. The van der Waals surface area contributed by atoms with Gasteiger partial charge in [0.15, 0.2) is 0 Å². The van der Waals surface area contributed by atoms with E-state index < -0.39 is 0 Å². The van der Waals surface area contributed by atoms with E-state index in [-0.39, 0.29) is 31.0 Å². The quantitative estimate of drug-likeness (QED) is 0.858. The fourth-order valence-corrected chi connectivity index (χ4v) is 1.37. The number of amides is 2. The van der Waals surface area contributed by atoms with Crippen LogP contribution in [0.5, 0.6) is 0 Å². The Hall–Kier alpha value is -1.62. The second-order valence-electron chi connectivity index (χ2n) is 4.38. The summed E-state index contributed by atoms with van der Waals surface area (Å²) < 4.78 is 13.3. The molecule has 0 bridgehead atoms. The lowest BCUT2D eigenvalue weighted by Crippen LogP contribution is -2.43. The van der Waals surface area contributed by atoms with Gasteiger partial charge in [-0.05, 0) is 31.0 Å². The maximum atomic E-state index is 13.3. The topological polar surface area (TPSA) is 52.6 Å². The summed E-state index contributed by atoms with van der Waals surface area (Å²) in [5, 5.41) is 11.6. The highest BCUT2D eigenvalue weighted by Crippen LogP contribution is 2.09. The molecule has 4 nitrogen and oxygen atoms in total. The lowest BCUT2D eigenvalue weighted by atomic mass is 10.1. The van der Waals surface area contributed by atoms with Crippen LogP contribution in [0.1, 0.15) is 18.1 Å². The standard InChI is InChI=1S/C13H19FN2O2/c1-9-4-5-11(6-12(9)14)7-15-13(18)16(3)10(2)8-17/h4-6,10,17H,7-8H2,1-3H3,(H,15,18). The molecule has 18 heavy (non-hydrogen) atoms. The van der Waals surface area contributed by atoms with Gasteiger partial charge in [-0.3, -0.25) is 0 Å². The SMILES string of the molecule is Cc1ccc(CNC(=O)N(C)C(C)CO)cc1F. The summed E-state index contributed by atoms with van der Waals surface area (Å²) in [5.74, 6) is -0.279. The predicted molar refractivity (Wildman–Crippen MR) is 67.7 cm³/mol. The number of hydrogen-bond donors (Lipinski definition) is 2. The van der Waals surface area contributed by atoms with Gasteiger partial charge >= 0.3 is 6.03 Å². The van der Waals surface area contributed by atoms with Gasteiger partial charge in [-0.25, -0.2) is 9.18 Å². The smallest absolute Gasteiger partial charge is 0.317 e. The Labute approximate surface area is 106 Å². The minimum Gasteiger partial charge on any atom is -0.394 e. The molecule has 0 saturated carbocycles. The van der Waals surface area contributed by atoms with Crippen molar-refractivity contribution in [2.75, 3.05) is 13.7 Å². The molecule has 5 heteroatoms. The number of aryl methyl sites for hydroxylation is 1. The minimum atomic E-state index is -0.294. The van der Waals surface area contributed by atoms with Crippen LogP contribution in [0, 0.1) is 12.7 Å². The minimum absolute atomic E-state index is 0.0942. The normalized spacial score (nSPS) is 12.1. The molecule has 0 saturated heterocycles. The van der Waals surface area contributed by atoms with Gasteiger partial charge in [-0.1, -0.05) is 12.1 Å². The first kappa shape index (κ1) is 14.4. The number of aliphatic hydroxyl groups is 1. The monoisotopic (exact) mass is 254 g/mol. The van der Waals surface area contributed by atoms with Crippen molar-refractivity contribution in [3.63, 3.8) is 0 Å². The van der Waals surface area contributed by atoms with Crippen LogP contribution in [-0.4, -0.2) is 35.7 Å². The first-order chi connectivity index (χ1) is 8.45. The molecule has 0 aliphatic heterocycles. The third-order valence-corrected chi connectivity index (χ3v) is 2.93. The van der Waals surface area contributed by atoms with Crippen LogP contribution >= 0.6 is 0 Å². The van der Waals surface area contributed by atoms with Gasteiger partial charge in [0.2, 0.25) is 0 Å². The lowest BCUT2D eigenvalue weighted by molar-refractivity contribution is 0.157. The van der Waals surface area contributed by atoms with Crippen molar-refractivity contribution in [2.24, 2.45) is 0 Å². The van der Waals surface area contributed by atoms with E-state index in [1.165, 1.54) is 11.0 Å². The summed E-state index contributed by atoms with van der Waals surface area (Å²) in [5.41, 5.74) is 1.28. The molecule has 1 aromatic carbocycles. The average Bonchev–Trinajstić information content (AvgIpc) is 2.37. The van der Waals surface area contributed by atoms with Crippen LogP contribution in [0.25, 0.3) is 0 Å². The van der Waals surface area contributed by atoms with Gasteiger partial charge in [0, 0.05) is 13.6 Å². The molecule has 0 spiro atoms. The zero-order valence-corrected chi connectivity index (χ0v) is 10.9. The Morgan fingerprint density at radius 1 is 1.56 bits per heavy atom. The first-order valence-corrected chi connectivity index (χ1v) is 5.82. The molecule has 0 radical (unpaired) electrons. The fourth-order valence-electron chi connectivity index (χ4n) is 1.37. The summed E-state index contributed by atoms with van der Waals surface area (Å²) >= 11 is 0. The molecule has 2 N–H and O–H groups in total. The second-order valence-corrected chi connectivity index (χ2v) is 4.38. The van der Waals surface area contributed by atoms with Crippen molar-refractivity contribution in [2.45, 2.75) is 26.4 Å². The Balaban J connectivity index is 2.54. The highest BCUT2D eigenvalue weighted by atomic mass is 19.1. The molecule has 0 aliphatic carbocycles. The average molecular weight is 254 g/mol. The van der Waals surface area contributed by atoms with Gasteiger partial charge in [0.1, 0.15) is 5.82 Å². The molecule has 1 rings (SSSR count). The molecule has 1 aromatic rings. The van der Waals surface area contributed by atoms with Gasteiger partial charge < -0.3 is 15.3 Å². The van der Waals surface area contributed by atoms with Crippen molar-refractivity contribution in [3.8, 4) is 0 Å². The van der Waals surface area contributed by atoms with E-state index in [4.69, 9.17) is 5.11 Å². The van der Waals surface area contributed by atoms with Gasteiger partial charge in [-0.15, -0.1) is 0 Å². The molecule has 2 amide bonds. The van der Waals surface area contributed by atoms with E-state index in [1.807, 2.05) is 0 Å². The summed E-state index contributed by atoms with van der Waals surface area (Å²) in [4.78, 5) is 13.1. The Morgan fingerprint density at radius 3 is 2.78 bits per heavy atom. The van der Waals surface area contributed by atoms with Crippen molar-refractivity contribution in [1.82, 2.24) is 10.2 Å². The summed E-state index contributed by atoms with van der Waals surface area (Å²) in [6, 6.07) is 4.31. The molecular weight excluding hydrogens is 235 g/mol. The number of nitrogens with zero attached hydrogens (tertiary/aromatic N) is 1. The number of benzene rings is 1. The number of carbonyl (C=O) groups is 1. The predicted octanol–water partition coefficient (Wildman–Crippen LogP) is 1.66.